The fourth-order valence-electron chi connectivity index (χ4n) is 2.44. The van der Waals surface area contributed by atoms with Crippen molar-refractivity contribution in [1.82, 2.24) is 20.1 Å². The van der Waals surface area contributed by atoms with Gasteiger partial charge < -0.3 is 10.1 Å². The Kier molecular flexibility index (Phi) is 5.05. The van der Waals surface area contributed by atoms with Crippen LogP contribution in [0.5, 0.6) is 5.75 Å². The standard InChI is InChI=1S/C18H20N4O2/c1-14(18(23)20-9-4-10-22-13-19-12-21-22)24-17-8-7-15-5-2-3-6-16(15)11-17/h2-3,5-8,11-14H,4,9-10H2,1H3,(H,20,23). The second-order valence-electron chi connectivity index (χ2n) is 5.57. The van der Waals surface area contributed by atoms with Gasteiger partial charge in [0.25, 0.3) is 5.91 Å². The normalized spacial score (nSPS) is 12.0. The molecule has 1 heterocycles. The van der Waals surface area contributed by atoms with Crippen LogP contribution in [0.4, 0.5) is 0 Å². The molecular weight excluding hydrogens is 304 g/mol. The quantitative estimate of drug-likeness (QED) is 0.678. The molecule has 24 heavy (non-hydrogen) atoms. The van der Waals surface area contributed by atoms with Gasteiger partial charge in [-0.05, 0) is 36.2 Å². The predicted octanol–water partition coefficient (Wildman–Crippen LogP) is 2.41. The van der Waals surface area contributed by atoms with Crippen molar-refractivity contribution in [2.24, 2.45) is 0 Å². The number of nitrogens with one attached hydrogen (secondary N) is 1. The zero-order chi connectivity index (χ0) is 16.8. The van der Waals surface area contributed by atoms with Gasteiger partial charge in [0.1, 0.15) is 18.4 Å². The molecule has 0 fully saturated rings. The molecule has 3 aromatic rings. The number of hydrogen-bond donors (Lipinski definition) is 1. The maximum Gasteiger partial charge on any atom is 0.260 e. The number of benzene rings is 2. The molecule has 0 saturated heterocycles. The highest BCUT2D eigenvalue weighted by atomic mass is 16.5. The number of fused-ring (bicyclic) bond motifs is 1. The van der Waals surface area contributed by atoms with Crippen molar-refractivity contribution >= 4 is 16.7 Å². The van der Waals surface area contributed by atoms with Gasteiger partial charge >= 0.3 is 0 Å². The Balaban J connectivity index is 1.47. The van der Waals surface area contributed by atoms with Crippen LogP contribution in [0.2, 0.25) is 0 Å². The zero-order valence-electron chi connectivity index (χ0n) is 13.6. The summed E-state index contributed by atoms with van der Waals surface area (Å²) in [7, 11) is 0. The number of rotatable bonds is 7. The summed E-state index contributed by atoms with van der Waals surface area (Å²) in [6.07, 6.45) is 3.40. The maximum atomic E-state index is 12.1. The number of carbonyl (C=O) groups excluding carboxylic acids is 1. The largest absolute Gasteiger partial charge is 0.481 e. The SMILES string of the molecule is CC(Oc1ccc2ccccc2c1)C(=O)NCCCn1cncn1. The van der Waals surface area contributed by atoms with E-state index in [1.54, 1.807) is 17.9 Å². The van der Waals surface area contributed by atoms with Crippen molar-refractivity contribution in [3.05, 3.63) is 55.1 Å². The molecule has 0 radical (unpaired) electrons. The lowest BCUT2D eigenvalue weighted by Gasteiger charge is -2.15. The van der Waals surface area contributed by atoms with E-state index in [1.807, 2.05) is 42.5 Å². The fourth-order valence-corrected chi connectivity index (χ4v) is 2.44. The highest BCUT2D eigenvalue weighted by Gasteiger charge is 2.14. The van der Waals surface area contributed by atoms with E-state index >= 15 is 0 Å². The van der Waals surface area contributed by atoms with Crippen molar-refractivity contribution in [1.29, 1.82) is 0 Å². The fraction of sp³-hybridized carbons (Fsp3) is 0.278. The third-order valence-corrected chi connectivity index (χ3v) is 3.73. The Labute approximate surface area is 140 Å². The van der Waals surface area contributed by atoms with Crippen molar-refractivity contribution in [3.8, 4) is 5.75 Å². The molecule has 0 spiro atoms. The van der Waals surface area contributed by atoms with Crippen molar-refractivity contribution in [2.75, 3.05) is 6.54 Å². The molecule has 0 aliphatic heterocycles. The van der Waals surface area contributed by atoms with Crippen LogP contribution in [0.25, 0.3) is 10.8 Å². The van der Waals surface area contributed by atoms with E-state index in [0.29, 0.717) is 12.3 Å². The zero-order valence-corrected chi connectivity index (χ0v) is 13.6. The molecule has 0 bridgehead atoms. The lowest BCUT2D eigenvalue weighted by Crippen LogP contribution is -2.37. The topological polar surface area (TPSA) is 69.0 Å². The first-order valence-electron chi connectivity index (χ1n) is 7.98. The molecule has 1 amide bonds. The van der Waals surface area contributed by atoms with Crippen molar-refractivity contribution < 1.29 is 9.53 Å². The van der Waals surface area contributed by atoms with E-state index in [1.165, 1.54) is 6.33 Å². The number of ether oxygens (including phenoxy) is 1. The summed E-state index contributed by atoms with van der Waals surface area (Å²) in [5.74, 6) is 0.570. The summed E-state index contributed by atoms with van der Waals surface area (Å²) in [6.45, 7) is 3.05. The first-order chi connectivity index (χ1) is 11.7. The van der Waals surface area contributed by atoms with Gasteiger partial charge in [-0.2, -0.15) is 5.10 Å². The highest BCUT2D eigenvalue weighted by molar-refractivity contribution is 5.84. The van der Waals surface area contributed by atoms with Gasteiger partial charge in [0, 0.05) is 13.1 Å². The number of hydrogen-bond acceptors (Lipinski definition) is 4. The highest BCUT2D eigenvalue weighted by Crippen LogP contribution is 2.21. The van der Waals surface area contributed by atoms with Crippen LogP contribution in [-0.4, -0.2) is 33.3 Å². The lowest BCUT2D eigenvalue weighted by atomic mass is 10.1. The molecule has 0 aliphatic rings. The second-order valence-corrected chi connectivity index (χ2v) is 5.57. The Morgan fingerprint density at radius 1 is 1.25 bits per heavy atom. The molecule has 6 heteroatoms. The van der Waals surface area contributed by atoms with E-state index in [4.69, 9.17) is 4.74 Å². The van der Waals surface area contributed by atoms with E-state index in [0.717, 1.165) is 23.7 Å². The van der Waals surface area contributed by atoms with Gasteiger partial charge in [0.15, 0.2) is 6.10 Å². The summed E-state index contributed by atoms with van der Waals surface area (Å²) in [6, 6.07) is 13.9. The molecule has 0 saturated carbocycles. The molecule has 3 rings (SSSR count). The number of carbonyl (C=O) groups is 1. The van der Waals surface area contributed by atoms with Crippen molar-refractivity contribution in [3.63, 3.8) is 0 Å². The first kappa shape index (κ1) is 16.0. The maximum absolute atomic E-state index is 12.1. The molecule has 2 aromatic carbocycles. The van der Waals surface area contributed by atoms with Gasteiger partial charge in [-0.15, -0.1) is 0 Å². The minimum absolute atomic E-state index is 0.123. The van der Waals surface area contributed by atoms with Crippen LogP contribution in [0, 0.1) is 0 Å². The average molecular weight is 324 g/mol. The molecule has 6 nitrogen and oxygen atoms in total. The van der Waals surface area contributed by atoms with Gasteiger partial charge in [0.2, 0.25) is 0 Å². The number of nitrogens with zero attached hydrogens (tertiary/aromatic N) is 3. The molecular formula is C18H20N4O2. The van der Waals surface area contributed by atoms with E-state index in [-0.39, 0.29) is 5.91 Å². The summed E-state index contributed by atoms with van der Waals surface area (Å²) in [5, 5.41) is 9.13. The Morgan fingerprint density at radius 2 is 2.08 bits per heavy atom. The molecule has 1 N–H and O–H groups in total. The number of aromatic nitrogens is 3. The van der Waals surface area contributed by atoms with Crippen LogP contribution >= 0.6 is 0 Å². The third-order valence-electron chi connectivity index (χ3n) is 3.73. The molecule has 1 atom stereocenters. The third kappa shape index (κ3) is 4.10. The number of amides is 1. The molecule has 124 valence electrons. The summed E-state index contributed by atoms with van der Waals surface area (Å²) in [5.41, 5.74) is 0. The Bertz CT molecular complexity index is 802. The minimum atomic E-state index is -0.544. The van der Waals surface area contributed by atoms with E-state index in [2.05, 4.69) is 15.4 Å². The molecule has 1 unspecified atom stereocenters. The van der Waals surface area contributed by atoms with Gasteiger partial charge in [-0.25, -0.2) is 4.98 Å². The van der Waals surface area contributed by atoms with Gasteiger partial charge in [-0.3, -0.25) is 9.48 Å². The van der Waals surface area contributed by atoms with E-state index in [9.17, 15) is 4.79 Å². The van der Waals surface area contributed by atoms with Crippen molar-refractivity contribution in [2.45, 2.75) is 26.0 Å². The minimum Gasteiger partial charge on any atom is -0.481 e. The average Bonchev–Trinajstić information content (AvgIpc) is 3.12. The van der Waals surface area contributed by atoms with Crippen LogP contribution in [-0.2, 0) is 11.3 Å². The Hall–Kier alpha value is -2.89. The molecule has 1 aromatic heterocycles. The van der Waals surface area contributed by atoms with Crippen LogP contribution in [0.15, 0.2) is 55.1 Å². The monoisotopic (exact) mass is 324 g/mol. The number of aryl methyl sites for hydroxylation is 1. The summed E-state index contributed by atoms with van der Waals surface area (Å²) >= 11 is 0. The smallest absolute Gasteiger partial charge is 0.260 e. The van der Waals surface area contributed by atoms with Crippen LogP contribution < -0.4 is 10.1 Å². The summed E-state index contributed by atoms with van der Waals surface area (Å²) < 4.78 is 7.48. The van der Waals surface area contributed by atoms with Gasteiger partial charge in [-0.1, -0.05) is 30.3 Å². The van der Waals surface area contributed by atoms with Gasteiger partial charge in [0.05, 0.1) is 0 Å². The van der Waals surface area contributed by atoms with Crippen LogP contribution in [0.1, 0.15) is 13.3 Å². The van der Waals surface area contributed by atoms with Crippen LogP contribution in [0.3, 0.4) is 0 Å². The predicted molar refractivity (Wildman–Crippen MR) is 91.7 cm³/mol. The van der Waals surface area contributed by atoms with E-state index < -0.39 is 6.10 Å². The Morgan fingerprint density at radius 3 is 2.88 bits per heavy atom. The second kappa shape index (κ2) is 7.59. The first-order valence-corrected chi connectivity index (χ1v) is 7.98. The summed E-state index contributed by atoms with van der Waals surface area (Å²) in [4.78, 5) is 16.0. The molecule has 0 aliphatic carbocycles. The lowest BCUT2D eigenvalue weighted by molar-refractivity contribution is -0.127.